The lowest BCUT2D eigenvalue weighted by Crippen LogP contribution is -2.35. The lowest BCUT2D eigenvalue weighted by molar-refractivity contribution is 0.500. The minimum absolute atomic E-state index is 0.0234. The molecule has 0 saturated carbocycles. The zero-order chi connectivity index (χ0) is 22.9. The van der Waals surface area contributed by atoms with Crippen molar-refractivity contribution in [1.29, 1.82) is 0 Å². The van der Waals surface area contributed by atoms with E-state index in [-0.39, 0.29) is 39.6 Å². The van der Waals surface area contributed by atoms with Gasteiger partial charge in [0.15, 0.2) is 0 Å². The van der Waals surface area contributed by atoms with Crippen LogP contribution in [0.5, 0.6) is 0 Å². The van der Waals surface area contributed by atoms with Crippen molar-refractivity contribution >= 4 is 23.2 Å². The molecule has 0 aliphatic carbocycles. The molecule has 2 heterocycles. The SMILES string of the molecule is CCCC#Cc1cc(F)c(-c2c(Cl)nc3nc(C)nn3c2N(C)[C@H](C)C(C)C)c(F)c1. The lowest BCUT2D eigenvalue weighted by atomic mass is 10.0. The van der Waals surface area contributed by atoms with Crippen LogP contribution in [0.15, 0.2) is 12.1 Å². The number of unbranched alkanes of at least 4 members (excludes halogenated alkanes) is 1. The summed E-state index contributed by atoms with van der Waals surface area (Å²) in [4.78, 5) is 10.4. The van der Waals surface area contributed by atoms with Gasteiger partial charge in [0.2, 0.25) is 0 Å². The van der Waals surface area contributed by atoms with Crippen LogP contribution in [0.1, 0.15) is 51.9 Å². The van der Waals surface area contributed by atoms with Crippen molar-refractivity contribution in [3.63, 3.8) is 0 Å². The molecule has 164 valence electrons. The molecule has 0 saturated heterocycles. The Labute approximate surface area is 186 Å². The third-order valence-corrected chi connectivity index (χ3v) is 5.61. The average Bonchev–Trinajstić information content (AvgIpc) is 3.06. The summed E-state index contributed by atoms with van der Waals surface area (Å²) < 4.78 is 32.0. The molecule has 0 fully saturated rings. The molecule has 0 unspecified atom stereocenters. The van der Waals surface area contributed by atoms with Gasteiger partial charge in [-0.3, -0.25) is 0 Å². The molecule has 31 heavy (non-hydrogen) atoms. The van der Waals surface area contributed by atoms with Crippen LogP contribution in [-0.2, 0) is 0 Å². The summed E-state index contributed by atoms with van der Waals surface area (Å²) >= 11 is 6.49. The van der Waals surface area contributed by atoms with E-state index in [1.54, 1.807) is 6.92 Å². The molecule has 1 atom stereocenters. The number of benzene rings is 1. The number of fused-ring (bicyclic) bond motifs is 1. The molecular weight excluding hydrogens is 420 g/mol. The van der Waals surface area contributed by atoms with E-state index in [1.165, 1.54) is 16.6 Å². The number of nitrogens with zero attached hydrogens (tertiary/aromatic N) is 5. The van der Waals surface area contributed by atoms with Gasteiger partial charge in [-0.15, -0.1) is 5.10 Å². The maximum Gasteiger partial charge on any atom is 0.255 e. The van der Waals surface area contributed by atoms with Crippen LogP contribution < -0.4 is 4.90 Å². The van der Waals surface area contributed by atoms with Crippen LogP contribution in [0.25, 0.3) is 16.9 Å². The minimum atomic E-state index is -0.757. The maximum absolute atomic E-state index is 15.2. The molecule has 0 bridgehead atoms. The van der Waals surface area contributed by atoms with E-state index in [4.69, 9.17) is 11.6 Å². The summed E-state index contributed by atoms with van der Waals surface area (Å²) in [5, 5.41) is 4.36. The summed E-state index contributed by atoms with van der Waals surface area (Å²) in [7, 11) is 1.84. The Balaban J connectivity index is 2.31. The third-order valence-electron chi connectivity index (χ3n) is 5.33. The van der Waals surface area contributed by atoms with E-state index in [0.29, 0.717) is 18.1 Å². The maximum atomic E-state index is 15.2. The Kier molecular flexibility index (Phi) is 6.80. The van der Waals surface area contributed by atoms with E-state index >= 15 is 8.78 Å². The first-order chi connectivity index (χ1) is 14.6. The highest BCUT2D eigenvalue weighted by molar-refractivity contribution is 6.33. The Bertz CT molecular complexity index is 1150. The van der Waals surface area contributed by atoms with Gasteiger partial charge in [0.1, 0.15) is 28.4 Å². The molecule has 1 aromatic carbocycles. The summed E-state index contributed by atoms with van der Waals surface area (Å²) in [6, 6.07) is 2.48. The number of aromatic nitrogens is 4. The minimum Gasteiger partial charge on any atom is -0.356 e. The van der Waals surface area contributed by atoms with Crippen molar-refractivity contribution in [2.75, 3.05) is 11.9 Å². The molecule has 0 spiro atoms. The first-order valence-corrected chi connectivity index (χ1v) is 10.7. The van der Waals surface area contributed by atoms with Crippen molar-refractivity contribution in [2.45, 2.75) is 53.5 Å². The quantitative estimate of drug-likeness (QED) is 0.375. The first kappa shape index (κ1) is 23.0. The van der Waals surface area contributed by atoms with Crippen LogP contribution in [0.2, 0.25) is 5.15 Å². The van der Waals surface area contributed by atoms with Crippen molar-refractivity contribution in [2.24, 2.45) is 5.92 Å². The Hall–Kier alpha value is -2.72. The van der Waals surface area contributed by atoms with Gasteiger partial charge in [-0.2, -0.15) is 14.5 Å². The number of aryl methyl sites for hydroxylation is 1. The molecule has 0 aliphatic heterocycles. The van der Waals surface area contributed by atoms with Crippen molar-refractivity contribution < 1.29 is 8.78 Å². The number of anilines is 1. The van der Waals surface area contributed by atoms with Crippen LogP contribution >= 0.6 is 11.6 Å². The van der Waals surface area contributed by atoms with E-state index in [2.05, 4.69) is 40.8 Å². The number of rotatable bonds is 5. The van der Waals surface area contributed by atoms with Gasteiger partial charge < -0.3 is 4.90 Å². The van der Waals surface area contributed by atoms with E-state index < -0.39 is 11.6 Å². The molecule has 3 rings (SSSR count). The molecular formula is C23H26ClF2N5. The Morgan fingerprint density at radius 2 is 1.77 bits per heavy atom. The lowest BCUT2D eigenvalue weighted by Gasteiger charge is -2.31. The Morgan fingerprint density at radius 1 is 1.13 bits per heavy atom. The predicted molar refractivity (Wildman–Crippen MR) is 120 cm³/mol. The first-order valence-electron chi connectivity index (χ1n) is 10.3. The second kappa shape index (κ2) is 9.19. The van der Waals surface area contributed by atoms with Gasteiger partial charge in [0.25, 0.3) is 5.78 Å². The van der Waals surface area contributed by atoms with E-state index in [0.717, 1.165) is 6.42 Å². The van der Waals surface area contributed by atoms with Gasteiger partial charge in [0.05, 0.1) is 11.1 Å². The number of halogens is 3. The summed E-state index contributed by atoms with van der Waals surface area (Å²) in [6.45, 7) is 9.88. The van der Waals surface area contributed by atoms with E-state index in [1.807, 2.05) is 25.8 Å². The predicted octanol–water partition coefficient (Wildman–Crippen LogP) is 5.66. The van der Waals surface area contributed by atoms with Crippen LogP contribution in [-0.4, -0.2) is 32.7 Å². The van der Waals surface area contributed by atoms with E-state index in [9.17, 15) is 0 Å². The highest BCUT2D eigenvalue weighted by Crippen LogP contribution is 2.40. The van der Waals surface area contributed by atoms with Crippen molar-refractivity contribution in [3.05, 3.63) is 40.3 Å². The van der Waals surface area contributed by atoms with Crippen LogP contribution in [0, 0.1) is 36.3 Å². The van der Waals surface area contributed by atoms with Gasteiger partial charge >= 0.3 is 0 Å². The highest BCUT2D eigenvalue weighted by Gasteiger charge is 2.28. The van der Waals surface area contributed by atoms with Crippen molar-refractivity contribution in [1.82, 2.24) is 19.6 Å². The standard InChI is InChI=1S/C23H26ClF2N5/c1-7-8-9-10-16-11-17(25)19(18(26)12-16)20-21(24)28-23-27-15(5)29-31(23)22(20)30(6)14(4)13(2)3/h11-14H,7-8H2,1-6H3/t14-/m1/s1. The fraction of sp³-hybridized carbons (Fsp3) is 0.435. The Morgan fingerprint density at radius 3 is 2.35 bits per heavy atom. The molecule has 8 heteroatoms. The zero-order valence-corrected chi connectivity index (χ0v) is 19.3. The monoisotopic (exact) mass is 445 g/mol. The molecule has 5 nitrogen and oxygen atoms in total. The highest BCUT2D eigenvalue weighted by atomic mass is 35.5. The molecule has 3 aromatic rings. The fourth-order valence-corrected chi connectivity index (χ4v) is 3.57. The smallest absolute Gasteiger partial charge is 0.255 e. The molecule has 2 aromatic heterocycles. The van der Waals surface area contributed by atoms with Gasteiger partial charge in [-0.05, 0) is 38.3 Å². The fourth-order valence-electron chi connectivity index (χ4n) is 3.31. The van der Waals surface area contributed by atoms with Crippen molar-refractivity contribution in [3.8, 4) is 23.0 Å². The molecule has 0 aliphatic rings. The summed E-state index contributed by atoms with van der Waals surface area (Å²) in [5.41, 5.74) is 0.156. The summed E-state index contributed by atoms with van der Waals surface area (Å²) in [5.74, 6) is 5.64. The molecule has 0 N–H and O–H groups in total. The van der Waals surface area contributed by atoms with Gasteiger partial charge in [0, 0.05) is 25.1 Å². The zero-order valence-electron chi connectivity index (χ0n) is 18.6. The normalized spacial score (nSPS) is 12.2. The number of hydrogen-bond acceptors (Lipinski definition) is 4. The molecule has 0 radical (unpaired) electrons. The van der Waals surface area contributed by atoms with Crippen LogP contribution in [0.4, 0.5) is 14.6 Å². The third kappa shape index (κ3) is 4.49. The largest absolute Gasteiger partial charge is 0.356 e. The molecule has 0 amide bonds. The van der Waals surface area contributed by atoms with Gasteiger partial charge in [-0.1, -0.05) is 44.2 Å². The average molecular weight is 446 g/mol. The van der Waals surface area contributed by atoms with Gasteiger partial charge in [-0.25, -0.2) is 8.78 Å². The topological polar surface area (TPSA) is 46.3 Å². The number of hydrogen-bond donors (Lipinski definition) is 0. The van der Waals surface area contributed by atoms with Crippen LogP contribution in [0.3, 0.4) is 0 Å². The summed E-state index contributed by atoms with van der Waals surface area (Å²) in [6.07, 6.45) is 1.53. The second-order valence-corrected chi connectivity index (χ2v) is 8.29. The second-order valence-electron chi connectivity index (χ2n) is 7.93.